The van der Waals surface area contributed by atoms with Crippen molar-refractivity contribution in [3.63, 3.8) is 0 Å². The molecule has 7 nitrogen and oxygen atoms in total. The SMILES string of the molecule is C[C@@H](OC(=O)c1ccccc1O)C(=O)NC(=O)NC(C)(C)C. The highest BCUT2D eigenvalue weighted by molar-refractivity contribution is 5.99. The molecule has 0 unspecified atom stereocenters. The number of hydrogen-bond acceptors (Lipinski definition) is 5. The molecule has 0 fully saturated rings. The van der Waals surface area contributed by atoms with E-state index >= 15 is 0 Å². The Morgan fingerprint density at radius 1 is 1.18 bits per heavy atom. The topological polar surface area (TPSA) is 105 Å². The second-order valence-corrected chi connectivity index (χ2v) is 5.76. The quantitative estimate of drug-likeness (QED) is 0.735. The molecule has 0 aliphatic heterocycles. The van der Waals surface area contributed by atoms with Crippen LogP contribution in [-0.4, -0.2) is 34.7 Å². The number of carbonyl (C=O) groups is 3. The van der Waals surface area contributed by atoms with Crippen molar-refractivity contribution in [1.29, 1.82) is 0 Å². The fourth-order valence-electron chi connectivity index (χ4n) is 1.51. The van der Waals surface area contributed by atoms with Gasteiger partial charge < -0.3 is 15.2 Å². The number of nitrogens with one attached hydrogen (secondary N) is 2. The lowest BCUT2D eigenvalue weighted by atomic mass is 10.1. The smallest absolute Gasteiger partial charge is 0.342 e. The number of urea groups is 1. The largest absolute Gasteiger partial charge is 0.507 e. The van der Waals surface area contributed by atoms with Gasteiger partial charge in [0.2, 0.25) is 0 Å². The standard InChI is InChI=1S/C15H20N2O5/c1-9(12(19)16-14(21)17-15(2,3)4)22-13(20)10-7-5-6-8-11(10)18/h5-9,18H,1-4H3,(H2,16,17,19,21)/t9-/m1/s1. The molecule has 0 saturated carbocycles. The molecule has 0 saturated heterocycles. The van der Waals surface area contributed by atoms with E-state index in [1.165, 1.54) is 19.1 Å². The molecule has 3 N–H and O–H groups in total. The van der Waals surface area contributed by atoms with Crippen molar-refractivity contribution in [2.75, 3.05) is 0 Å². The Hall–Kier alpha value is -2.57. The highest BCUT2D eigenvalue weighted by Gasteiger charge is 2.23. The Morgan fingerprint density at radius 2 is 1.77 bits per heavy atom. The predicted octanol–water partition coefficient (Wildman–Crippen LogP) is 1.56. The molecule has 1 atom stereocenters. The minimum Gasteiger partial charge on any atom is -0.507 e. The lowest BCUT2D eigenvalue weighted by Gasteiger charge is -2.21. The van der Waals surface area contributed by atoms with Crippen LogP contribution >= 0.6 is 0 Å². The van der Waals surface area contributed by atoms with E-state index in [4.69, 9.17) is 4.74 Å². The molecule has 0 aliphatic rings. The maximum Gasteiger partial charge on any atom is 0.342 e. The maximum atomic E-state index is 11.8. The second-order valence-electron chi connectivity index (χ2n) is 5.76. The van der Waals surface area contributed by atoms with Gasteiger partial charge in [-0.25, -0.2) is 9.59 Å². The molecule has 120 valence electrons. The molecule has 1 rings (SSSR count). The summed E-state index contributed by atoms with van der Waals surface area (Å²) in [5.74, 6) is -1.85. The van der Waals surface area contributed by atoms with Crippen LogP contribution in [0.1, 0.15) is 38.1 Å². The molecular weight excluding hydrogens is 288 g/mol. The Bertz CT molecular complexity index is 578. The molecular formula is C15H20N2O5. The van der Waals surface area contributed by atoms with Gasteiger partial charge in [-0.1, -0.05) is 12.1 Å². The van der Waals surface area contributed by atoms with Crippen molar-refractivity contribution in [1.82, 2.24) is 10.6 Å². The van der Waals surface area contributed by atoms with Crippen LogP contribution in [0.25, 0.3) is 0 Å². The van der Waals surface area contributed by atoms with Crippen LogP contribution in [0.2, 0.25) is 0 Å². The molecule has 3 amide bonds. The van der Waals surface area contributed by atoms with Gasteiger partial charge in [0.25, 0.3) is 5.91 Å². The van der Waals surface area contributed by atoms with Gasteiger partial charge in [-0.05, 0) is 39.8 Å². The normalized spacial score (nSPS) is 12.2. The number of carbonyl (C=O) groups excluding carboxylic acids is 3. The number of esters is 1. The van der Waals surface area contributed by atoms with Gasteiger partial charge in [0.05, 0.1) is 0 Å². The first-order valence-corrected chi connectivity index (χ1v) is 6.72. The third kappa shape index (κ3) is 5.43. The van der Waals surface area contributed by atoms with Gasteiger partial charge in [-0.2, -0.15) is 0 Å². The summed E-state index contributed by atoms with van der Waals surface area (Å²) < 4.78 is 4.92. The number of amides is 3. The molecule has 0 aromatic heterocycles. The number of phenols is 1. The minimum atomic E-state index is -1.18. The summed E-state index contributed by atoms with van der Waals surface area (Å²) in [6.07, 6.45) is -1.18. The zero-order chi connectivity index (χ0) is 16.9. The summed E-state index contributed by atoms with van der Waals surface area (Å²) in [4.78, 5) is 35.2. The van der Waals surface area contributed by atoms with Crippen LogP contribution in [0.3, 0.4) is 0 Å². The molecule has 7 heteroatoms. The molecule has 0 bridgehead atoms. The van der Waals surface area contributed by atoms with Crippen LogP contribution in [0, 0.1) is 0 Å². The molecule has 0 radical (unpaired) electrons. The molecule has 22 heavy (non-hydrogen) atoms. The van der Waals surface area contributed by atoms with E-state index in [2.05, 4.69) is 10.6 Å². The highest BCUT2D eigenvalue weighted by atomic mass is 16.5. The summed E-state index contributed by atoms with van der Waals surface area (Å²) >= 11 is 0. The van der Waals surface area contributed by atoms with Crippen molar-refractivity contribution in [3.8, 4) is 5.75 Å². The maximum absolute atomic E-state index is 11.8. The summed E-state index contributed by atoms with van der Waals surface area (Å²) in [5.41, 5.74) is -0.554. The first-order valence-electron chi connectivity index (χ1n) is 6.72. The first-order chi connectivity index (χ1) is 10.1. The first kappa shape index (κ1) is 17.5. The van der Waals surface area contributed by atoms with E-state index in [0.717, 1.165) is 0 Å². The summed E-state index contributed by atoms with van der Waals surface area (Å²) in [7, 11) is 0. The summed E-state index contributed by atoms with van der Waals surface area (Å²) in [6, 6.07) is 5.13. The van der Waals surface area contributed by atoms with Crippen LogP contribution in [0.5, 0.6) is 5.75 Å². The van der Waals surface area contributed by atoms with Gasteiger partial charge in [-0.15, -0.1) is 0 Å². The van der Waals surface area contributed by atoms with E-state index in [-0.39, 0.29) is 11.3 Å². The number of phenolic OH excluding ortho intramolecular Hbond substituents is 1. The van der Waals surface area contributed by atoms with E-state index in [1.54, 1.807) is 32.9 Å². The summed E-state index contributed by atoms with van der Waals surface area (Å²) in [5, 5.41) is 14.2. The van der Waals surface area contributed by atoms with Crippen LogP contribution in [0.4, 0.5) is 4.79 Å². The van der Waals surface area contributed by atoms with Crippen molar-refractivity contribution in [2.45, 2.75) is 39.3 Å². The van der Waals surface area contributed by atoms with Gasteiger partial charge >= 0.3 is 12.0 Å². The van der Waals surface area contributed by atoms with Crippen molar-refractivity contribution in [2.24, 2.45) is 0 Å². The minimum absolute atomic E-state index is 0.0544. The monoisotopic (exact) mass is 308 g/mol. The van der Waals surface area contributed by atoms with Gasteiger partial charge in [0.15, 0.2) is 6.10 Å². The van der Waals surface area contributed by atoms with Crippen LogP contribution in [-0.2, 0) is 9.53 Å². The number of para-hydroxylation sites is 1. The Labute approximate surface area is 128 Å². The third-order valence-corrected chi connectivity index (χ3v) is 2.50. The fraction of sp³-hybridized carbons (Fsp3) is 0.400. The lowest BCUT2D eigenvalue weighted by molar-refractivity contribution is -0.127. The van der Waals surface area contributed by atoms with Crippen LogP contribution in [0.15, 0.2) is 24.3 Å². The Morgan fingerprint density at radius 3 is 2.32 bits per heavy atom. The predicted molar refractivity (Wildman–Crippen MR) is 79.4 cm³/mol. The summed E-state index contributed by atoms with van der Waals surface area (Å²) in [6.45, 7) is 6.62. The van der Waals surface area contributed by atoms with E-state index in [0.29, 0.717) is 0 Å². The van der Waals surface area contributed by atoms with Gasteiger partial charge in [0.1, 0.15) is 11.3 Å². The fourth-order valence-corrected chi connectivity index (χ4v) is 1.51. The lowest BCUT2D eigenvalue weighted by Crippen LogP contribution is -2.50. The number of hydrogen-bond donors (Lipinski definition) is 3. The van der Waals surface area contributed by atoms with Gasteiger partial charge in [-0.3, -0.25) is 10.1 Å². The average molecular weight is 308 g/mol. The number of aromatic hydroxyl groups is 1. The number of ether oxygens (including phenoxy) is 1. The van der Waals surface area contributed by atoms with E-state index in [1.807, 2.05) is 0 Å². The van der Waals surface area contributed by atoms with Crippen LogP contribution < -0.4 is 10.6 Å². The third-order valence-electron chi connectivity index (χ3n) is 2.50. The van der Waals surface area contributed by atoms with E-state index < -0.39 is 29.6 Å². The molecule has 1 aromatic carbocycles. The van der Waals surface area contributed by atoms with Crippen molar-refractivity contribution < 1.29 is 24.2 Å². The molecule has 1 aromatic rings. The Kier molecular flexibility index (Phi) is 5.50. The highest BCUT2D eigenvalue weighted by Crippen LogP contribution is 2.17. The number of benzene rings is 1. The van der Waals surface area contributed by atoms with Gasteiger partial charge in [0, 0.05) is 5.54 Å². The molecule has 0 heterocycles. The second kappa shape index (κ2) is 6.93. The Balaban J connectivity index is 2.60. The number of rotatable bonds is 3. The zero-order valence-electron chi connectivity index (χ0n) is 13.0. The molecule has 0 aliphatic carbocycles. The molecule has 0 spiro atoms. The van der Waals surface area contributed by atoms with Crippen molar-refractivity contribution >= 4 is 17.9 Å². The zero-order valence-corrected chi connectivity index (χ0v) is 13.0. The van der Waals surface area contributed by atoms with E-state index in [9.17, 15) is 19.5 Å². The number of imide groups is 1. The van der Waals surface area contributed by atoms with Crippen molar-refractivity contribution in [3.05, 3.63) is 29.8 Å². The average Bonchev–Trinajstić information content (AvgIpc) is 2.36.